The van der Waals surface area contributed by atoms with Crippen molar-refractivity contribution in [1.82, 2.24) is 19.4 Å². The average Bonchev–Trinajstić information content (AvgIpc) is 3.58. The number of carbonyl (C=O) groups excluding carboxylic acids is 1. The molecule has 0 aliphatic heterocycles. The van der Waals surface area contributed by atoms with E-state index in [0.29, 0.717) is 11.3 Å². The SMILES string of the molecule is CCn1c(=O)[nH]c(=O)c2c(C(=O)N(C)Cc3ccc(OC(F)(F)F)cc3)cc(C3CC3)nc21. The lowest BCUT2D eigenvalue weighted by Gasteiger charge is -2.19. The van der Waals surface area contributed by atoms with E-state index < -0.39 is 23.5 Å². The number of aryl methyl sites for hydroxylation is 1. The highest BCUT2D eigenvalue weighted by atomic mass is 19.4. The van der Waals surface area contributed by atoms with Gasteiger partial charge >= 0.3 is 12.1 Å². The fourth-order valence-electron chi connectivity index (χ4n) is 3.69. The molecule has 2 heterocycles. The van der Waals surface area contributed by atoms with Gasteiger partial charge in [0, 0.05) is 31.7 Å². The van der Waals surface area contributed by atoms with Gasteiger partial charge in [0.25, 0.3) is 11.5 Å². The van der Waals surface area contributed by atoms with Crippen LogP contribution in [-0.4, -0.2) is 38.8 Å². The van der Waals surface area contributed by atoms with E-state index in [0.717, 1.165) is 12.8 Å². The van der Waals surface area contributed by atoms with Crippen molar-refractivity contribution in [2.24, 2.45) is 0 Å². The molecule has 0 unspecified atom stereocenters. The highest BCUT2D eigenvalue weighted by Crippen LogP contribution is 2.40. The summed E-state index contributed by atoms with van der Waals surface area (Å²) in [6.07, 6.45) is -2.97. The maximum absolute atomic E-state index is 13.3. The van der Waals surface area contributed by atoms with E-state index in [-0.39, 0.29) is 41.4 Å². The number of aromatic amines is 1. The summed E-state index contributed by atoms with van der Waals surface area (Å²) >= 11 is 0. The third-order valence-corrected chi connectivity index (χ3v) is 5.43. The van der Waals surface area contributed by atoms with Crippen LogP contribution < -0.4 is 16.0 Å². The van der Waals surface area contributed by atoms with Gasteiger partial charge in [0.1, 0.15) is 5.75 Å². The van der Waals surface area contributed by atoms with Crippen molar-refractivity contribution in [3.8, 4) is 5.75 Å². The molecular formula is C22H21F3N4O4. The zero-order valence-electron chi connectivity index (χ0n) is 17.9. The second-order valence-corrected chi connectivity index (χ2v) is 7.92. The van der Waals surface area contributed by atoms with E-state index in [9.17, 15) is 27.6 Å². The van der Waals surface area contributed by atoms with Crippen molar-refractivity contribution >= 4 is 16.9 Å². The van der Waals surface area contributed by atoms with Gasteiger partial charge in [-0.05, 0) is 43.5 Å². The van der Waals surface area contributed by atoms with Gasteiger partial charge in [-0.1, -0.05) is 12.1 Å². The highest BCUT2D eigenvalue weighted by molar-refractivity contribution is 6.05. The van der Waals surface area contributed by atoms with Crippen LogP contribution in [0.2, 0.25) is 0 Å². The molecule has 1 aliphatic rings. The number of nitrogens with one attached hydrogen (secondary N) is 1. The first-order valence-corrected chi connectivity index (χ1v) is 10.3. The summed E-state index contributed by atoms with van der Waals surface area (Å²) in [6, 6.07) is 6.77. The van der Waals surface area contributed by atoms with Crippen LogP contribution in [0.15, 0.2) is 39.9 Å². The van der Waals surface area contributed by atoms with E-state index in [2.05, 4.69) is 14.7 Å². The van der Waals surface area contributed by atoms with Crippen LogP contribution in [-0.2, 0) is 13.1 Å². The molecule has 1 aromatic carbocycles. The number of alkyl halides is 3. The van der Waals surface area contributed by atoms with Gasteiger partial charge in [-0.2, -0.15) is 0 Å². The van der Waals surface area contributed by atoms with Gasteiger partial charge in [0.05, 0.1) is 10.9 Å². The molecule has 4 rings (SSSR count). The number of pyridine rings is 1. The lowest BCUT2D eigenvalue weighted by molar-refractivity contribution is -0.274. The number of benzene rings is 1. The third kappa shape index (κ3) is 4.76. The molecule has 1 saturated carbocycles. The Labute approximate surface area is 185 Å². The fraction of sp³-hybridized carbons (Fsp3) is 0.364. The van der Waals surface area contributed by atoms with Crippen LogP contribution >= 0.6 is 0 Å². The molecule has 11 heteroatoms. The summed E-state index contributed by atoms with van der Waals surface area (Å²) in [5.41, 5.74) is 0.231. The number of aromatic nitrogens is 3. The van der Waals surface area contributed by atoms with Crippen LogP contribution in [0, 0.1) is 0 Å². The number of hydrogen-bond acceptors (Lipinski definition) is 5. The topological polar surface area (TPSA) is 97.3 Å². The van der Waals surface area contributed by atoms with Crippen molar-refractivity contribution < 1.29 is 22.7 Å². The summed E-state index contributed by atoms with van der Waals surface area (Å²) in [6.45, 7) is 2.09. The lowest BCUT2D eigenvalue weighted by atomic mass is 10.1. The predicted octanol–water partition coefficient (Wildman–Crippen LogP) is 3.15. The summed E-state index contributed by atoms with van der Waals surface area (Å²) < 4.78 is 42.2. The fourth-order valence-corrected chi connectivity index (χ4v) is 3.69. The number of carbonyl (C=O) groups is 1. The molecule has 1 fully saturated rings. The molecule has 2 aromatic heterocycles. The molecule has 0 spiro atoms. The Balaban J connectivity index is 1.69. The van der Waals surface area contributed by atoms with Crippen LogP contribution in [0.1, 0.15) is 47.3 Å². The standard InChI is InChI=1S/C22H21F3N4O4/c1-3-29-18-17(19(30)27-21(29)32)15(10-16(26-18)13-6-7-13)20(31)28(2)11-12-4-8-14(9-5-12)33-22(23,24)25/h4-5,8-10,13H,3,6-7,11H2,1-2H3,(H,27,30,32). The summed E-state index contributed by atoms with van der Waals surface area (Å²) in [5.74, 6) is -0.655. The normalized spacial score (nSPS) is 13.8. The number of amides is 1. The van der Waals surface area contributed by atoms with Crippen molar-refractivity contribution in [1.29, 1.82) is 0 Å². The van der Waals surface area contributed by atoms with Gasteiger partial charge < -0.3 is 9.64 Å². The molecule has 3 aromatic rings. The molecule has 174 valence electrons. The Morgan fingerprint density at radius 3 is 2.48 bits per heavy atom. The second-order valence-electron chi connectivity index (χ2n) is 7.92. The van der Waals surface area contributed by atoms with Crippen molar-refractivity contribution in [2.75, 3.05) is 7.05 Å². The van der Waals surface area contributed by atoms with Gasteiger partial charge in [-0.3, -0.25) is 19.1 Å². The van der Waals surface area contributed by atoms with Gasteiger partial charge in [-0.15, -0.1) is 13.2 Å². The van der Waals surface area contributed by atoms with Crippen LogP contribution in [0.5, 0.6) is 5.75 Å². The molecule has 0 bridgehead atoms. The molecule has 1 amide bonds. The number of H-pyrrole nitrogens is 1. The van der Waals surface area contributed by atoms with E-state index in [1.165, 1.54) is 40.8 Å². The first-order valence-electron chi connectivity index (χ1n) is 10.3. The highest BCUT2D eigenvalue weighted by Gasteiger charge is 2.31. The maximum Gasteiger partial charge on any atom is 0.573 e. The number of nitrogens with zero attached hydrogens (tertiary/aromatic N) is 3. The first kappa shape index (κ1) is 22.6. The largest absolute Gasteiger partial charge is 0.573 e. The number of halogens is 3. The Morgan fingerprint density at radius 2 is 1.91 bits per heavy atom. The molecule has 0 atom stereocenters. The van der Waals surface area contributed by atoms with Crippen molar-refractivity contribution in [3.63, 3.8) is 0 Å². The maximum atomic E-state index is 13.3. The molecule has 1 N–H and O–H groups in total. The Bertz CT molecular complexity index is 1320. The summed E-state index contributed by atoms with van der Waals surface area (Å²) in [7, 11) is 1.52. The minimum atomic E-state index is -4.79. The summed E-state index contributed by atoms with van der Waals surface area (Å²) in [5, 5.41) is 0.0339. The summed E-state index contributed by atoms with van der Waals surface area (Å²) in [4.78, 5) is 46.3. The number of hydrogen-bond donors (Lipinski definition) is 1. The van der Waals surface area contributed by atoms with Crippen LogP contribution in [0.3, 0.4) is 0 Å². The van der Waals surface area contributed by atoms with Gasteiger partial charge in [-0.25, -0.2) is 9.78 Å². The van der Waals surface area contributed by atoms with E-state index in [1.54, 1.807) is 13.0 Å². The minimum Gasteiger partial charge on any atom is -0.406 e. The zero-order valence-corrected chi connectivity index (χ0v) is 17.9. The monoisotopic (exact) mass is 462 g/mol. The molecule has 0 radical (unpaired) electrons. The number of rotatable bonds is 6. The number of ether oxygens (including phenoxy) is 1. The smallest absolute Gasteiger partial charge is 0.406 e. The van der Waals surface area contributed by atoms with Crippen LogP contribution in [0.4, 0.5) is 13.2 Å². The van der Waals surface area contributed by atoms with E-state index in [1.807, 2.05) is 0 Å². The van der Waals surface area contributed by atoms with Gasteiger partial charge in [0.2, 0.25) is 0 Å². The quantitative estimate of drug-likeness (QED) is 0.607. The van der Waals surface area contributed by atoms with Crippen molar-refractivity contribution in [3.05, 3.63) is 68.0 Å². The molecule has 8 nitrogen and oxygen atoms in total. The Morgan fingerprint density at radius 1 is 1.24 bits per heavy atom. The van der Waals surface area contributed by atoms with Crippen molar-refractivity contribution in [2.45, 2.75) is 45.1 Å². The first-order chi connectivity index (χ1) is 15.6. The molecule has 33 heavy (non-hydrogen) atoms. The molecular weight excluding hydrogens is 441 g/mol. The van der Waals surface area contributed by atoms with E-state index >= 15 is 0 Å². The lowest BCUT2D eigenvalue weighted by Crippen LogP contribution is -2.33. The second kappa shape index (κ2) is 8.38. The van der Waals surface area contributed by atoms with Gasteiger partial charge in [0.15, 0.2) is 5.65 Å². The van der Waals surface area contributed by atoms with E-state index in [4.69, 9.17) is 0 Å². The Kier molecular flexibility index (Phi) is 5.73. The predicted molar refractivity (Wildman–Crippen MR) is 113 cm³/mol. The van der Waals surface area contributed by atoms with Crippen LogP contribution in [0.25, 0.3) is 11.0 Å². The third-order valence-electron chi connectivity index (χ3n) is 5.43. The average molecular weight is 462 g/mol. The molecule has 1 aliphatic carbocycles. The molecule has 0 saturated heterocycles. The Hall–Kier alpha value is -3.63. The zero-order chi connectivity index (χ0) is 23.9. The minimum absolute atomic E-state index is 0.0339. The number of fused-ring (bicyclic) bond motifs is 1.